The molecule has 0 bridgehead atoms. The predicted octanol–water partition coefficient (Wildman–Crippen LogP) is 6.21. The lowest BCUT2D eigenvalue weighted by atomic mass is 9.80. The highest BCUT2D eigenvalue weighted by Gasteiger charge is 2.30. The van der Waals surface area contributed by atoms with E-state index in [2.05, 4.69) is 53.4 Å². The number of hydrogen-bond acceptors (Lipinski definition) is 2. The Labute approximate surface area is 170 Å². The van der Waals surface area contributed by atoms with E-state index in [0.29, 0.717) is 0 Å². The Hall–Kier alpha value is -1.64. The third-order valence-electron chi connectivity index (χ3n) is 6.95. The largest absolute Gasteiger partial charge is 0.388 e. The van der Waals surface area contributed by atoms with Crippen LogP contribution in [0.15, 0.2) is 54.6 Å². The van der Waals surface area contributed by atoms with Gasteiger partial charge in [-0.05, 0) is 61.3 Å². The average Bonchev–Trinajstić information content (AvgIpc) is 2.79. The van der Waals surface area contributed by atoms with E-state index in [9.17, 15) is 5.11 Å². The van der Waals surface area contributed by atoms with Crippen molar-refractivity contribution in [3.8, 4) is 11.1 Å². The van der Waals surface area contributed by atoms with Gasteiger partial charge in [-0.1, -0.05) is 80.3 Å². The number of nitrogens with zero attached hydrogens (tertiary/aromatic N) is 1. The van der Waals surface area contributed by atoms with E-state index in [-0.39, 0.29) is 6.10 Å². The zero-order chi connectivity index (χ0) is 19.2. The second-order valence-corrected chi connectivity index (χ2v) is 8.79. The number of aliphatic hydroxyl groups is 1. The molecule has 1 aliphatic carbocycles. The summed E-state index contributed by atoms with van der Waals surface area (Å²) in [4.78, 5) is 2.71. The number of rotatable bonds is 6. The lowest BCUT2D eigenvalue weighted by Gasteiger charge is -2.42. The quantitative estimate of drug-likeness (QED) is 0.647. The zero-order valence-corrected chi connectivity index (χ0v) is 17.1. The number of aliphatic hydroxyl groups excluding tert-OH is 1. The molecule has 2 atom stereocenters. The number of likely N-dealkylation sites (tertiary alicyclic amines) is 1. The minimum Gasteiger partial charge on any atom is -0.388 e. The average molecular weight is 378 g/mol. The molecule has 2 aliphatic rings. The Kier molecular flexibility index (Phi) is 6.82. The third kappa shape index (κ3) is 4.85. The van der Waals surface area contributed by atoms with E-state index in [1.165, 1.54) is 69.0 Å². The number of piperidine rings is 1. The minimum atomic E-state index is -0.362. The Morgan fingerprint density at radius 1 is 0.786 bits per heavy atom. The van der Waals surface area contributed by atoms with Gasteiger partial charge in [0.2, 0.25) is 0 Å². The van der Waals surface area contributed by atoms with Gasteiger partial charge in [-0.25, -0.2) is 0 Å². The van der Waals surface area contributed by atoms with Crippen molar-refractivity contribution in [2.24, 2.45) is 5.92 Å². The van der Waals surface area contributed by atoms with E-state index in [1.54, 1.807) is 0 Å². The van der Waals surface area contributed by atoms with Crippen molar-refractivity contribution >= 4 is 0 Å². The van der Waals surface area contributed by atoms with Crippen molar-refractivity contribution in [3.63, 3.8) is 0 Å². The van der Waals surface area contributed by atoms with Gasteiger partial charge in [0.15, 0.2) is 0 Å². The SMILES string of the molecule is OC(CCN1CCCCC1C1CCCCC1)c1ccc(-c2ccccc2)cc1. The molecule has 0 spiro atoms. The summed E-state index contributed by atoms with van der Waals surface area (Å²) in [5.74, 6) is 0.899. The molecule has 1 N–H and O–H groups in total. The normalized spacial score (nSPS) is 22.8. The first-order chi connectivity index (χ1) is 13.8. The molecule has 2 aromatic rings. The predicted molar refractivity (Wildman–Crippen MR) is 117 cm³/mol. The van der Waals surface area contributed by atoms with Gasteiger partial charge >= 0.3 is 0 Å². The van der Waals surface area contributed by atoms with Crippen LogP contribution in [0.4, 0.5) is 0 Å². The Morgan fingerprint density at radius 2 is 1.46 bits per heavy atom. The molecule has 2 aromatic carbocycles. The van der Waals surface area contributed by atoms with Crippen LogP contribution in [-0.4, -0.2) is 29.1 Å². The molecule has 1 aliphatic heterocycles. The molecule has 2 nitrogen and oxygen atoms in total. The van der Waals surface area contributed by atoms with Gasteiger partial charge < -0.3 is 10.0 Å². The first-order valence-corrected chi connectivity index (χ1v) is 11.4. The first kappa shape index (κ1) is 19.7. The van der Waals surface area contributed by atoms with Crippen molar-refractivity contribution in [2.75, 3.05) is 13.1 Å². The molecule has 0 amide bonds. The summed E-state index contributed by atoms with van der Waals surface area (Å²) in [5.41, 5.74) is 3.49. The van der Waals surface area contributed by atoms with Crippen molar-refractivity contribution in [3.05, 3.63) is 60.2 Å². The van der Waals surface area contributed by atoms with Crippen LogP contribution in [0.25, 0.3) is 11.1 Å². The van der Waals surface area contributed by atoms with Crippen LogP contribution in [0.5, 0.6) is 0 Å². The lowest BCUT2D eigenvalue weighted by Crippen LogP contribution is -2.45. The molecule has 1 heterocycles. The van der Waals surface area contributed by atoms with Crippen LogP contribution in [0.2, 0.25) is 0 Å². The lowest BCUT2D eigenvalue weighted by molar-refractivity contribution is 0.0618. The molecule has 2 unspecified atom stereocenters. The fourth-order valence-corrected chi connectivity index (χ4v) is 5.33. The maximum absolute atomic E-state index is 10.8. The summed E-state index contributed by atoms with van der Waals surface area (Å²) >= 11 is 0. The van der Waals surface area contributed by atoms with Crippen LogP contribution in [0.1, 0.15) is 69.5 Å². The topological polar surface area (TPSA) is 23.5 Å². The summed E-state index contributed by atoms with van der Waals surface area (Å²) in [7, 11) is 0. The molecular formula is C26H35NO. The maximum Gasteiger partial charge on any atom is 0.0802 e. The highest BCUT2D eigenvalue weighted by molar-refractivity contribution is 5.63. The number of hydrogen-bond donors (Lipinski definition) is 1. The van der Waals surface area contributed by atoms with Crippen LogP contribution in [-0.2, 0) is 0 Å². The fourth-order valence-electron chi connectivity index (χ4n) is 5.33. The van der Waals surface area contributed by atoms with Gasteiger partial charge in [0, 0.05) is 12.6 Å². The molecule has 4 rings (SSSR count). The third-order valence-corrected chi connectivity index (χ3v) is 6.95. The van der Waals surface area contributed by atoms with Crippen molar-refractivity contribution < 1.29 is 5.11 Å². The monoisotopic (exact) mass is 377 g/mol. The molecular weight excluding hydrogens is 342 g/mol. The van der Waals surface area contributed by atoms with E-state index < -0.39 is 0 Å². The molecule has 0 radical (unpaired) electrons. The Morgan fingerprint density at radius 3 is 2.21 bits per heavy atom. The van der Waals surface area contributed by atoms with Crippen molar-refractivity contribution in [2.45, 2.75) is 69.9 Å². The first-order valence-electron chi connectivity index (χ1n) is 11.4. The van der Waals surface area contributed by atoms with Gasteiger partial charge in [-0.3, -0.25) is 0 Å². The van der Waals surface area contributed by atoms with Crippen LogP contribution < -0.4 is 0 Å². The van der Waals surface area contributed by atoms with Crippen molar-refractivity contribution in [1.29, 1.82) is 0 Å². The van der Waals surface area contributed by atoms with Gasteiger partial charge in [-0.2, -0.15) is 0 Å². The summed E-state index contributed by atoms with van der Waals surface area (Å²) in [6, 6.07) is 19.7. The summed E-state index contributed by atoms with van der Waals surface area (Å²) in [6.07, 6.45) is 11.7. The second kappa shape index (κ2) is 9.71. The summed E-state index contributed by atoms with van der Waals surface area (Å²) in [6.45, 7) is 2.25. The van der Waals surface area contributed by atoms with Crippen LogP contribution in [0, 0.1) is 5.92 Å². The smallest absolute Gasteiger partial charge is 0.0802 e. The molecule has 2 fully saturated rings. The van der Waals surface area contributed by atoms with Gasteiger partial charge in [0.1, 0.15) is 0 Å². The molecule has 28 heavy (non-hydrogen) atoms. The minimum absolute atomic E-state index is 0.362. The molecule has 1 saturated heterocycles. The highest BCUT2D eigenvalue weighted by atomic mass is 16.3. The van der Waals surface area contributed by atoms with Gasteiger partial charge in [0.25, 0.3) is 0 Å². The maximum atomic E-state index is 10.8. The molecule has 1 saturated carbocycles. The van der Waals surface area contributed by atoms with Gasteiger partial charge in [0.05, 0.1) is 6.10 Å². The standard InChI is InChI=1S/C26H35NO/c28-26(24-16-14-22(15-17-24)21-9-3-1-4-10-21)18-20-27-19-8-7-13-25(27)23-11-5-2-6-12-23/h1,3-4,9-10,14-17,23,25-26,28H,2,5-8,11-13,18-20H2. The Balaban J connectivity index is 1.34. The highest BCUT2D eigenvalue weighted by Crippen LogP contribution is 2.34. The number of benzene rings is 2. The van der Waals surface area contributed by atoms with Crippen LogP contribution >= 0.6 is 0 Å². The van der Waals surface area contributed by atoms with E-state index in [0.717, 1.165) is 30.5 Å². The van der Waals surface area contributed by atoms with Crippen molar-refractivity contribution in [1.82, 2.24) is 4.90 Å². The van der Waals surface area contributed by atoms with Gasteiger partial charge in [-0.15, -0.1) is 0 Å². The van der Waals surface area contributed by atoms with E-state index >= 15 is 0 Å². The second-order valence-electron chi connectivity index (χ2n) is 8.79. The zero-order valence-electron chi connectivity index (χ0n) is 17.1. The molecule has 0 aromatic heterocycles. The van der Waals surface area contributed by atoms with E-state index in [4.69, 9.17) is 0 Å². The fraction of sp³-hybridized carbons (Fsp3) is 0.538. The Bertz CT molecular complexity index is 705. The molecule has 150 valence electrons. The molecule has 2 heteroatoms. The van der Waals surface area contributed by atoms with Crippen LogP contribution in [0.3, 0.4) is 0 Å². The summed E-state index contributed by atoms with van der Waals surface area (Å²) < 4.78 is 0. The van der Waals surface area contributed by atoms with E-state index in [1.807, 2.05) is 6.07 Å². The summed E-state index contributed by atoms with van der Waals surface area (Å²) in [5, 5.41) is 10.8.